The molecule has 0 heterocycles. The molecule has 13 heavy (non-hydrogen) atoms. The molecule has 0 radical (unpaired) electrons. The van der Waals surface area contributed by atoms with Gasteiger partial charge in [0.2, 0.25) is 0 Å². The number of halogens is 1. The molecule has 0 saturated heterocycles. The third kappa shape index (κ3) is 1.96. The minimum Gasteiger partial charge on any atom is -0.496 e. The van der Waals surface area contributed by atoms with Crippen molar-refractivity contribution in [2.24, 2.45) is 0 Å². The lowest BCUT2D eigenvalue weighted by Crippen LogP contribution is -1.99. The van der Waals surface area contributed by atoms with Crippen LogP contribution in [0.15, 0.2) is 6.07 Å². The summed E-state index contributed by atoms with van der Waals surface area (Å²) in [6, 6.07) is 2.03. The molecule has 2 nitrogen and oxygen atoms in total. The van der Waals surface area contributed by atoms with Gasteiger partial charge in [0.25, 0.3) is 0 Å². The molecule has 0 aliphatic rings. The molecule has 0 spiro atoms. The zero-order valence-electron chi connectivity index (χ0n) is 8.02. The van der Waals surface area contributed by atoms with Crippen molar-refractivity contribution < 1.29 is 9.84 Å². The van der Waals surface area contributed by atoms with Crippen LogP contribution in [-0.4, -0.2) is 12.2 Å². The largest absolute Gasteiger partial charge is 0.496 e. The van der Waals surface area contributed by atoms with E-state index >= 15 is 0 Å². The average molecular weight is 292 g/mol. The summed E-state index contributed by atoms with van der Waals surface area (Å²) in [4.78, 5) is 0. The lowest BCUT2D eigenvalue weighted by molar-refractivity contribution is 0.279. The molecule has 0 unspecified atom stereocenters. The van der Waals surface area contributed by atoms with Crippen molar-refractivity contribution in [3.05, 3.63) is 26.3 Å². The molecule has 1 aromatic rings. The molecule has 0 saturated carbocycles. The van der Waals surface area contributed by atoms with Crippen LogP contribution >= 0.6 is 22.6 Å². The van der Waals surface area contributed by atoms with E-state index in [2.05, 4.69) is 22.6 Å². The highest BCUT2D eigenvalue weighted by Gasteiger charge is 2.10. The highest BCUT2D eigenvalue weighted by molar-refractivity contribution is 14.1. The first kappa shape index (κ1) is 10.8. The van der Waals surface area contributed by atoms with Crippen LogP contribution in [0.4, 0.5) is 0 Å². The van der Waals surface area contributed by atoms with Gasteiger partial charge in [-0.05, 0) is 59.2 Å². The molecule has 1 N–H and O–H groups in total. The topological polar surface area (TPSA) is 29.5 Å². The van der Waals surface area contributed by atoms with Crippen molar-refractivity contribution in [1.82, 2.24) is 0 Å². The van der Waals surface area contributed by atoms with Crippen molar-refractivity contribution in [2.75, 3.05) is 7.11 Å². The fourth-order valence-corrected chi connectivity index (χ4v) is 2.51. The summed E-state index contributed by atoms with van der Waals surface area (Å²) in [7, 11) is 1.66. The summed E-state index contributed by atoms with van der Waals surface area (Å²) in [5.41, 5.74) is 3.11. The first-order chi connectivity index (χ1) is 6.11. The van der Waals surface area contributed by atoms with E-state index in [4.69, 9.17) is 9.84 Å². The van der Waals surface area contributed by atoms with Crippen LogP contribution in [0, 0.1) is 17.4 Å². The fourth-order valence-electron chi connectivity index (χ4n) is 1.46. The normalized spacial score (nSPS) is 10.2. The predicted octanol–water partition coefficient (Wildman–Crippen LogP) is 2.41. The zero-order chi connectivity index (χ0) is 10.0. The molecule has 0 bridgehead atoms. The Kier molecular flexibility index (Phi) is 3.55. The van der Waals surface area contributed by atoms with E-state index in [-0.39, 0.29) is 6.61 Å². The molecule has 72 valence electrons. The van der Waals surface area contributed by atoms with Gasteiger partial charge in [0.15, 0.2) is 0 Å². The summed E-state index contributed by atoms with van der Waals surface area (Å²) >= 11 is 2.23. The molecule has 3 heteroatoms. The van der Waals surface area contributed by atoms with Crippen molar-refractivity contribution in [2.45, 2.75) is 20.5 Å². The van der Waals surface area contributed by atoms with Crippen LogP contribution in [0.1, 0.15) is 16.7 Å². The van der Waals surface area contributed by atoms with Gasteiger partial charge in [-0.1, -0.05) is 0 Å². The Balaban J connectivity index is 3.39. The Morgan fingerprint density at radius 2 is 2.08 bits per heavy atom. The Labute approximate surface area is 92.1 Å². The zero-order valence-corrected chi connectivity index (χ0v) is 10.2. The van der Waals surface area contributed by atoms with Gasteiger partial charge in [0.1, 0.15) is 5.75 Å². The highest BCUT2D eigenvalue weighted by Crippen LogP contribution is 2.29. The molecular weight excluding hydrogens is 279 g/mol. The Morgan fingerprint density at radius 1 is 1.46 bits per heavy atom. The van der Waals surface area contributed by atoms with E-state index in [0.717, 1.165) is 26.0 Å². The minimum atomic E-state index is 0.0702. The molecule has 0 fully saturated rings. The van der Waals surface area contributed by atoms with Crippen LogP contribution in [0.25, 0.3) is 0 Å². The summed E-state index contributed by atoms with van der Waals surface area (Å²) in [5, 5.41) is 9.15. The number of hydrogen-bond donors (Lipinski definition) is 1. The van der Waals surface area contributed by atoms with E-state index in [1.54, 1.807) is 7.11 Å². The maximum Gasteiger partial charge on any atom is 0.125 e. The molecular formula is C10H13IO2. The summed E-state index contributed by atoms with van der Waals surface area (Å²) in [6.07, 6.45) is 0. The smallest absolute Gasteiger partial charge is 0.125 e. The number of aliphatic hydroxyl groups excluding tert-OH is 1. The fraction of sp³-hybridized carbons (Fsp3) is 0.400. The molecule has 0 amide bonds. The van der Waals surface area contributed by atoms with Gasteiger partial charge >= 0.3 is 0 Å². The number of aliphatic hydroxyl groups is 1. The van der Waals surface area contributed by atoms with Crippen molar-refractivity contribution in [3.63, 3.8) is 0 Å². The van der Waals surface area contributed by atoms with E-state index in [9.17, 15) is 0 Å². The Bertz CT molecular complexity index is 293. The van der Waals surface area contributed by atoms with Crippen LogP contribution in [0.5, 0.6) is 5.75 Å². The van der Waals surface area contributed by atoms with Crippen LogP contribution in [0.2, 0.25) is 0 Å². The van der Waals surface area contributed by atoms with Crippen molar-refractivity contribution >= 4 is 22.6 Å². The molecule has 0 atom stereocenters. The average Bonchev–Trinajstić information content (AvgIpc) is 2.04. The highest BCUT2D eigenvalue weighted by atomic mass is 127. The molecule has 0 aromatic heterocycles. The van der Waals surface area contributed by atoms with Gasteiger partial charge in [-0.15, -0.1) is 0 Å². The second-order valence-electron chi connectivity index (χ2n) is 2.97. The van der Waals surface area contributed by atoms with E-state index in [1.807, 2.05) is 19.9 Å². The molecule has 1 aromatic carbocycles. The summed E-state index contributed by atoms with van der Waals surface area (Å²) in [6.45, 7) is 4.05. The number of aryl methyl sites for hydroxylation is 1. The molecule has 0 aliphatic heterocycles. The minimum absolute atomic E-state index is 0.0702. The monoisotopic (exact) mass is 292 g/mol. The molecule has 0 aliphatic carbocycles. The first-order valence-electron chi connectivity index (χ1n) is 4.05. The summed E-state index contributed by atoms with van der Waals surface area (Å²) < 4.78 is 6.35. The first-order valence-corrected chi connectivity index (χ1v) is 5.13. The third-order valence-corrected chi connectivity index (χ3v) is 3.11. The van der Waals surface area contributed by atoms with Gasteiger partial charge in [-0.25, -0.2) is 0 Å². The van der Waals surface area contributed by atoms with Crippen molar-refractivity contribution in [1.29, 1.82) is 0 Å². The van der Waals surface area contributed by atoms with Crippen LogP contribution in [-0.2, 0) is 6.61 Å². The number of methoxy groups -OCH3 is 1. The number of hydrogen-bond acceptors (Lipinski definition) is 2. The lowest BCUT2D eigenvalue weighted by atomic mass is 10.0. The van der Waals surface area contributed by atoms with E-state index in [1.165, 1.54) is 0 Å². The predicted molar refractivity (Wildman–Crippen MR) is 61.1 cm³/mol. The van der Waals surface area contributed by atoms with Crippen LogP contribution < -0.4 is 4.74 Å². The number of ether oxygens (including phenoxy) is 1. The maximum absolute atomic E-state index is 9.15. The maximum atomic E-state index is 9.15. The van der Waals surface area contributed by atoms with E-state index < -0.39 is 0 Å². The van der Waals surface area contributed by atoms with Crippen molar-refractivity contribution in [3.8, 4) is 5.75 Å². The van der Waals surface area contributed by atoms with Crippen LogP contribution in [0.3, 0.4) is 0 Å². The Hall–Kier alpha value is -0.290. The second-order valence-corrected chi connectivity index (χ2v) is 4.13. The van der Waals surface area contributed by atoms with Gasteiger partial charge in [0.05, 0.1) is 13.7 Å². The standard InChI is InChI=1S/C10H13IO2/c1-6-4-9(11)8(5-12)7(2)10(6)13-3/h4,12H,5H2,1-3H3. The van der Waals surface area contributed by atoms with Gasteiger partial charge in [-0.3, -0.25) is 0 Å². The quantitative estimate of drug-likeness (QED) is 0.848. The third-order valence-electron chi connectivity index (χ3n) is 2.15. The van der Waals surface area contributed by atoms with Gasteiger partial charge < -0.3 is 9.84 Å². The number of benzene rings is 1. The van der Waals surface area contributed by atoms with Gasteiger partial charge in [0, 0.05) is 3.57 Å². The summed E-state index contributed by atoms with van der Waals surface area (Å²) in [5.74, 6) is 0.879. The van der Waals surface area contributed by atoms with E-state index in [0.29, 0.717) is 0 Å². The Morgan fingerprint density at radius 3 is 2.54 bits per heavy atom. The SMILES string of the molecule is COc1c(C)cc(I)c(CO)c1C. The second kappa shape index (κ2) is 4.28. The number of rotatable bonds is 2. The van der Waals surface area contributed by atoms with Gasteiger partial charge in [-0.2, -0.15) is 0 Å². The lowest BCUT2D eigenvalue weighted by Gasteiger charge is -2.13. The molecule has 1 rings (SSSR count).